The Morgan fingerprint density at radius 2 is 2.14 bits per heavy atom. The van der Waals surface area contributed by atoms with Gasteiger partial charge in [0.05, 0.1) is 17.5 Å². The van der Waals surface area contributed by atoms with Gasteiger partial charge in [-0.05, 0) is 37.6 Å². The zero-order chi connectivity index (χ0) is 15.5. The van der Waals surface area contributed by atoms with Crippen LogP contribution < -0.4 is 15.4 Å². The van der Waals surface area contributed by atoms with Gasteiger partial charge in [0.15, 0.2) is 0 Å². The first-order valence-electron chi connectivity index (χ1n) is 6.64. The second-order valence-corrected chi connectivity index (χ2v) is 7.27. The topological polar surface area (TPSA) is 87.3 Å². The van der Waals surface area contributed by atoms with Crippen molar-refractivity contribution >= 4 is 45.6 Å². The van der Waals surface area contributed by atoms with E-state index in [2.05, 4.69) is 15.4 Å². The maximum Gasteiger partial charge on any atom is 0.253 e. The second kappa shape index (κ2) is 8.01. The fraction of sp³-hybridized carbons (Fsp3) is 0.462. The summed E-state index contributed by atoms with van der Waals surface area (Å²) in [6, 6.07) is 4.52. The third kappa shape index (κ3) is 5.64. The molecule has 22 heavy (non-hydrogen) atoms. The van der Waals surface area contributed by atoms with Gasteiger partial charge in [0.25, 0.3) is 5.91 Å². The molecule has 124 valence electrons. The molecule has 1 amide bonds. The quantitative estimate of drug-likeness (QED) is 0.754. The number of benzene rings is 1. The number of nitrogens with one attached hydrogen (secondary N) is 3. The van der Waals surface area contributed by atoms with Crippen LogP contribution in [0.1, 0.15) is 23.2 Å². The molecule has 1 atom stereocenters. The molecular weight excluding hydrogens is 349 g/mol. The maximum absolute atomic E-state index is 12.3. The standard InChI is InChI=1S/C13H18ClN3O3S.ClH/c1-21(19,20)17-12-5-4-9(14)7-11(12)13(18)16-10-3-2-6-15-8-10;/h4-5,7,10,15,17H,2-3,6,8H2,1H3,(H,16,18);1H/t10-;/m0./s1. The van der Waals surface area contributed by atoms with E-state index in [1.807, 2.05) is 0 Å². The molecule has 1 heterocycles. The molecule has 9 heteroatoms. The number of carbonyl (C=O) groups is 1. The number of carbonyl (C=O) groups excluding carboxylic acids is 1. The minimum atomic E-state index is -3.46. The SMILES string of the molecule is CS(=O)(=O)Nc1ccc(Cl)cc1C(=O)N[C@H]1CCCNC1.Cl. The number of sulfonamides is 1. The molecule has 0 aromatic heterocycles. The molecule has 0 aliphatic carbocycles. The summed E-state index contributed by atoms with van der Waals surface area (Å²) in [5.41, 5.74) is 0.446. The van der Waals surface area contributed by atoms with Crippen LogP contribution >= 0.6 is 24.0 Å². The monoisotopic (exact) mass is 367 g/mol. The summed E-state index contributed by atoms with van der Waals surface area (Å²) in [6.07, 6.45) is 2.93. The van der Waals surface area contributed by atoms with E-state index >= 15 is 0 Å². The van der Waals surface area contributed by atoms with Crippen LogP contribution in [0.2, 0.25) is 5.02 Å². The summed E-state index contributed by atoms with van der Waals surface area (Å²) in [6.45, 7) is 1.66. The summed E-state index contributed by atoms with van der Waals surface area (Å²) >= 11 is 5.91. The van der Waals surface area contributed by atoms with E-state index in [1.165, 1.54) is 18.2 Å². The highest BCUT2D eigenvalue weighted by atomic mass is 35.5. The normalized spacial score (nSPS) is 18.2. The highest BCUT2D eigenvalue weighted by Crippen LogP contribution is 2.22. The van der Waals surface area contributed by atoms with Crippen molar-refractivity contribution in [2.75, 3.05) is 24.1 Å². The predicted molar refractivity (Wildman–Crippen MR) is 90.5 cm³/mol. The van der Waals surface area contributed by atoms with Gasteiger partial charge in [-0.3, -0.25) is 9.52 Å². The van der Waals surface area contributed by atoms with Gasteiger partial charge in [0.2, 0.25) is 10.0 Å². The number of rotatable bonds is 4. The molecule has 1 saturated heterocycles. The number of hydrogen-bond donors (Lipinski definition) is 3. The van der Waals surface area contributed by atoms with Gasteiger partial charge in [-0.1, -0.05) is 11.6 Å². The Morgan fingerprint density at radius 3 is 2.73 bits per heavy atom. The van der Waals surface area contributed by atoms with Crippen LogP contribution in [0.25, 0.3) is 0 Å². The molecule has 0 bridgehead atoms. The van der Waals surface area contributed by atoms with Crippen molar-refractivity contribution in [3.05, 3.63) is 28.8 Å². The molecule has 0 radical (unpaired) electrons. The first-order valence-corrected chi connectivity index (χ1v) is 8.91. The number of piperidine rings is 1. The van der Waals surface area contributed by atoms with Crippen LogP contribution in [0.15, 0.2) is 18.2 Å². The third-order valence-corrected chi connectivity index (χ3v) is 3.98. The Hall–Kier alpha value is -1.02. The summed E-state index contributed by atoms with van der Waals surface area (Å²) in [7, 11) is -3.46. The van der Waals surface area contributed by atoms with E-state index in [0.29, 0.717) is 11.6 Å². The third-order valence-electron chi connectivity index (χ3n) is 3.15. The summed E-state index contributed by atoms with van der Waals surface area (Å²) < 4.78 is 25.1. The summed E-state index contributed by atoms with van der Waals surface area (Å²) in [5.74, 6) is -0.336. The van der Waals surface area contributed by atoms with Gasteiger partial charge in [0, 0.05) is 17.6 Å². The molecule has 0 unspecified atom stereocenters. The summed E-state index contributed by atoms with van der Waals surface area (Å²) in [5, 5.41) is 6.47. The molecule has 1 aliphatic heterocycles. The fourth-order valence-electron chi connectivity index (χ4n) is 2.23. The van der Waals surface area contributed by atoms with E-state index in [9.17, 15) is 13.2 Å². The van der Waals surface area contributed by atoms with Crippen molar-refractivity contribution in [2.24, 2.45) is 0 Å². The molecule has 1 aliphatic rings. The van der Waals surface area contributed by atoms with Gasteiger partial charge in [-0.15, -0.1) is 12.4 Å². The zero-order valence-electron chi connectivity index (χ0n) is 12.1. The Morgan fingerprint density at radius 1 is 1.41 bits per heavy atom. The summed E-state index contributed by atoms with van der Waals surface area (Å²) in [4.78, 5) is 12.3. The molecule has 2 rings (SSSR count). The predicted octanol–water partition coefficient (Wildman–Crippen LogP) is 1.62. The van der Waals surface area contributed by atoms with E-state index in [1.54, 1.807) is 0 Å². The van der Waals surface area contributed by atoms with Crippen LogP contribution in [-0.2, 0) is 10.0 Å². The van der Waals surface area contributed by atoms with Crippen LogP contribution in [0.5, 0.6) is 0 Å². The lowest BCUT2D eigenvalue weighted by atomic mass is 10.1. The lowest BCUT2D eigenvalue weighted by Crippen LogP contribution is -2.45. The Kier molecular flexibility index (Phi) is 6.93. The molecule has 6 nitrogen and oxygen atoms in total. The smallest absolute Gasteiger partial charge is 0.253 e. The number of hydrogen-bond acceptors (Lipinski definition) is 4. The molecule has 1 aromatic rings. The number of halogens is 2. The van der Waals surface area contributed by atoms with Crippen molar-refractivity contribution in [2.45, 2.75) is 18.9 Å². The van der Waals surface area contributed by atoms with E-state index in [0.717, 1.165) is 25.6 Å². The molecular formula is C13H19Cl2N3O3S. The van der Waals surface area contributed by atoms with Crippen molar-refractivity contribution in [1.29, 1.82) is 0 Å². The van der Waals surface area contributed by atoms with Gasteiger partial charge < -0.3 is 10.6 Å². The fourth-order valence-corrected chi connectivity index (χ4v) is 2.98. The lowest BCUT2D eigenvalue weighted by Gasteiger charge is -2.24. The van der Waals surface area contributed by atoms with E-state index in [-0.39, 0.29) is 35.6 Å². The molecule has 1 fully saturated rings. The molecule has 0 spiro atoms. The average molecular weight is 368 g/mol. The van der Waals surface area contributed by atoms with Gasteiger partial charge in [-0.2, -0.15) is 0 Å². The maximum atomic E-state index is 12.3. The van der Waals surface area contributed by atoms with Gasteiger partial charge in [-0.25, -0.2) is 8.42 Å². The second-order valence-electron chi connectivity index (χ2n) is 5.08. The van der Waals surface area contributed by atoms with E-state index in [4.69, 9.17) is 11.6 Å². The van der Waals surface area contributed by atoms with Crippen LogP contribution in [0.3, 0.4) is 0 Å². The van der Waals surface area contributed by atoms with Crippen molar-refractivity contribution in [3.8, 4) is 0 Å². The Bertz CT molecular complexity index is 631. The Balaban J connectivity index is 0.00000242. The minimum absolute atomic E-state index is 0. The zero-order valence-corrected chi connectivity index (χ0v) is 14.4. The van der Waals surface area contributed by atoms with Gasteiger partial charge >= 0.3 is 0 Å². The highest BCUT2D eigenvalue weighted by molar-refractivity contribution is 7.92. The van der Waals surface area contributed by atoms with E-state index < -0.39 is 10.0 Å². The lowest BCUT2D eigenvalue weighted by molar-refractivity contribution is 0.0931. The van der Waals surface area contributed by atoms with Crippen molar-refractivity contribution < 1.29 is 13.2 Å². The highest BCUT2D eigenvalue weighted by Gasteiger charge is 2.19. The first kappa shape index (κ1) is 19.0. The minimum Gasteiger partial charge on any atom is -0.348 e. The number of anilines is 1. The average Bonchev–Trinajstić information content (AvgIpc) is 2.40. The van der Waals surface area contributed by atoms with Crippen molar-refractivity contribution in [3.63, 3.8) is 0 Å². The molecule has 3 N–H and O–H groups in total. The first-order chi connectivity index (χ1) is 9.85. The van der Waals surface area contributed by atoms with Crippen molar-refractivity contribution in [1.82, 2.24) is 10.6 Å². The molecule has 1 aromatic carbocycles. The number of amides is 1. The largest absolute Gasteiger partial charge is 0.348 e. The van der Waals surface area contributed by atoms with Crippen LogP contribution in [0.4, 0.5) is 5.69 Å². The van der Waals surface area contributed by atoms with Gasteiger partial charge in [0.1, 0.15) is 0 Å². The van der Waals surface area contributed by atoms with Crippen LogP contribution in [-0.4, -0.2) is 39.7 Å². The Labute approximate surface area is 141 Å². The molecule has 0 saturated carbocycles. The van der Waals surface area contributed by atoms with Crippen LogP contribution in [0, 0.1) is 0 Å².